The quantitative estimate of drug-likeness (QED) is 0.694. The summed E-state index contributed by atoms with van der Waals surface area (Å²) in [7, 11) is 0. The molecule has 4 nitrogen and oxygen atoms in total. The van der Waals surface area contributed by atoms with Crippen molar-refractivity contribution in [3.8, 4) is 0 Å². The van der Waals surface area contributed by atoms with Crippen LogP contribution in [0.4, 0.5) is 14.5 Å². The van der Waals surface area contributed by atoms with E-state index in [0.29, 0.717) is 18.5 Å². The summed E-state index contributed by atoms with van der Waals surface area (Å²) in [6.45, 7) is 3.65. The molecule has 0 saturated heterocycles. The van der Waals surface area contributed by atoms with E-state index in [9.17, 15) is 13.6 Å². The topological polar surface area (TPSA) is 47.2 Å². The van der Waals surface area contributed by atoms with Gasteiger partial charge in [0.05, 0.1) is 17.2 Å². The van der Waals surface area contributed by atoms with E-state index < -0.39 is 5.82 Å². The molecule has 0 bridgehead atoms. The number of halogens is 2. The fourth-order valence-electron chi connectivity index (χ4n) is 2.35. The van der Waals surface area contributed by atoms with Crippen LogP contribution >= 0.6 is 0 Å². The third-order valence-electron chi connectivity index (χ3n) is 3.62. The molecule has 0 saturated carbocycles. The van der Waals surface area contributed by atoms with E-state index in [2.05, 4.69) is 16.7 Å². The lowest BCUT2D eigenvalue weighted by molar-refractivity contribution is 0.623. The van der Waals surface area contributed by atoms with Gasteiger partial charge in [-0.15, -0.1) is 0 Å². The molecule has 0 N–H and O–H groups in total. The van der Waals surface area contributed by atoms with Gasteiger partial charge in [-0.1, -0.05) is 12.1 Å². The van der Waals surface area contributed by atoms with Crippen LogP contribution in [0.25, 0.3) is 10.9 Å². The van der Waals surface area contributed by atoms with Crippen LogP contribution in [0.1, 0.15) is 5.56 Å². The summed E-state index contributed by atoms with van der Waals surface area (Å²) < 4.78 is 28.1. The Bertz CT molecular complexity index is 933. The van der Waals surface area contributed by atoms with E-state index in [4.69, 9.17) is 0 Å². The summed E-state index contributed by atoms with van der Waals surface area (Å²) in [5.41, 5.74) is 1.01. The third kappa shape index (κ3) is 3.01. The van der Waals surface area contributed by atoms with Crippen molar-refractivity contribution in [3.05, 3.63) is 70.3 Å². The van der Waals surface area contributed by atoms with Gasteiger partial charge in [-0.2, -0.15) is 0 Å². The van der Waals surface area contributed by atoms with Gasteiger partial charge in [0.2, 0.25) is 0 Å². The van der Waals surface area contributed by atoms with Crippen molar-refractivity contribution in [3.63, 3.8) is 0 Å². The number of fused-ring (bicyclic) bond motifs is 1. The Kier molecular flexibility index (Phi) is 3.97. The first kappa shape index (κ1) is 15.0. The molecule has 6 heteroatoms. The van der Waals surface area contributed by atoms with Gasteiger partial charge in [-0.3, -0.25) is 14.4 Å². The zero-order valence-electron chi connectivity index (χ0n) is 12.2. The number of hydrogen-bond donors (Lipinski definition) is 0. The zero-order valence-corrected chi connectivity index (χ0v) is 12.2. The molecule has 0 unspecified atom stereocenters. The molecule has 0 radical (unpaired) electrons. The first-order chi connectivity index (χ1) is 11.1. The second-order valence-electron chi connectivity index (χ2n) is 5.10. The summed E-state index contributed by atoms with van der Waals surface area (Å²) >= 11 is 0. The number of rotatable bonds is 4. The Morgan fingerprint density at radius 3 is 2.61 bits per heavy atom. The second kappa shape index (κ2) is 6.08. The van der Waals surface area contributed by atoms with Crippen molar-refractivity contribution in [2.24, 2.45) is 4.99 Å². The van der Waals surface area contributed by atoms with Crippen LogP contribution in [-0.2, 0) is 13.0 Å². The fraction of sp³-hybridized carbons (Fsp3) is 0.118. The molecule has 1 aromatic heterocycles. The van der Waals surface area contributed by atoms with Gasteiger partial charge in [-0.05, 0) is 43.0 Å². The SMILES string of the molecule is C=Nc1cc2ncn(CCc3ccc(F)cc3)c(=O)c2cc1F. The van der Waals surface area contributed by atoms with Gasteiger partial charge >= 0.3 is 0 Å². The highest BCUT2D eigenvalue weighted by Gasteiger charge is 2.09. The average Bonchev–Trinajstić information content (AvgIpc) is 2.56. The van der Waals surface area contributed by atoms with Gasteiger partial charge in [0.15, 0.2) is 0 Å². The van der Waals surface area contributed by atoms with E-state index >= 15 is 0 Å². The number of aryl methyl sites for hydroxylation is 2. The lowest BCUT2D eigenvalue weighted by Gasteiger charge is -2.07. The molecule has 0 aliphatic heterocycles. The summed E-state index contributed by atoms with van der Waals surface area (Å²) in [6.07, 6.45) is 1.96. The van der Waals surface area contributed by atoms with Gasteiger partial charge < -0.3 is 0 Å². The molecule has 3 rings (SSSR count). The standard InChI is InChI=1S/C17H13F2N3O/c1-20-16-9-15-13(8-14(16)19)17(23)22(10-21-15)7-6-11-2-4-12(18)5-3-11/h2-5,8-10H,1,6-7H2. The largest absolute Gasteiger partial charge is 0.298 e. The Morgan fingerprint density at radius 2 is 1.91 bits per heavy atom. The van der Waals surface area contributed by atoms with Gasteiger partial charge in [0, 0.05) is 6.54 Å². The highest BCUT2D eigenvalue weighted by molar-refractivity contribution is 5.81. The van der Waals surface area contributed by atoms with Crippen LogP contribution in [0.5, 0.6) is 0 Å². The minimum Gasteiger partial charge on any atom is -0.298 e. The number of aromatic nitrogens is 2. The number of benzene rings is 2. The van der Waals surface area contributed by atoms with Gasteiger partial charge in [0.25, 0.3) is 5.56 Å². The first-order valence-electron chi connectivity index (χ1n) is 6.98. The van der Waals surface area contributed by atoms with Crippen molar-refractivity contribution in [2.75, 3.05) is 0 Å². The maximum Gasteiger partial charge on any atom is 0.261 e. The second-order valence-corrected chi connectivity index (χ2v) is 5.10. The van der Waals surface area contributed by atoms with Crippen molar-refractivity contribution >= 4 is 23.3 Å². The highest BCUT2D eigenvalue weighted by Crippen LogP contribution is 2.21. The maximum atomic E-state index is 13.8. The molecule has 0 fully saturated rings. The van der Waals surface area contributed by atoms with Crippen LogP contribution in [0.2, 0.25) is 0 Å². The molecule has 1 heterocycles. The maximum absolute atomic E-state index is 13.8. The average molecular weight is 313 g/mol. The van der Waals surface area contributed by atoms with Crippen LogP contribution in [-0.4, -0.2) is 16.3 Å². The Balaban J connectivity index is 1.92. The number of nitrogens with zero attached hydrogens (tertiary/aromatic N) is 3. The molecule has 0 spiro atoms. The molecule has 2 aromatic carbocycles. The molecule has 23 heavy (non-hydrogen) atoms. The summed E-state index contributed by atoms with van der Waals surface area (Å²) in [4.78, 5) is 20.1. The van der Waals surface area contributed by atoms with E-state index in [1.807, 2.05) is 0 Å². The first-order valence-corrected chi connectivity index (χ1v) is 6.98. The molecule has 0 atom stereocenters. The Labute approximate surface area is 130 Å². The molecule has 0 amide bonds. The van der Waals surface area contributed by atoms with Crippen LogP contribution in [0, 0.1) is 11.6 Å². The van der Waals surface area contributed by atoms with Crippen molar-refractivity contribution in [1.29, 1.82) is 0 Å². The fourth-order valence-corrected chi connectivity index (χ4v) is 2.35. The molecule has 0 aliphatic carbocycles. The van der Waals surface area contributed by atoms with E-state index in [1.165, 1.54) is 29.1 Å². The predicted molar refractivity (Wildman–Crippen MR) is 85.3 cm³/mol. The van der Waals surface area contributed by atoms with Crippen LogP contribution in [0.15, 0.2) is 52.5 Å². The minimum atomic E-state index is -0.609. The zero-order chi connectivity index (χ0) is 16.4. The van der Waals surface area contributed by atoms with Crippen LogP contribution in [0.3, 0.4) is 0 Å². The van der Waals surface area contributed by atoms with E-state index in [1.54, 1.807) is 12.1 Å². The highest BCUT2D eigenvalue weighted by atomic mass is 19.1. The lowest BCUT2D eigenvalue weighted by Crippen LogP contribution is -2.21. The molecular formula is C17H13F2N3O. The minimum absolute atomic E-state index is 0.0634. The van der Waals surface area contributed by atoms with E-state index in [0.717, 1.165) is 11.6 Å². The van der Waals surface area contributed by atoms with E-state index in [-0.39, 0.29) is 22.5 Å². The third-order valence-corrected chi connectivity index (χ3v) is 3.62. The smallest absolute Gasteiger partial charge is 0.261 e. The lowest BCUT2D eigenvalue weighted by atomic mass is 10.1. The van der Waals surface area contributed by atoms with Crippen molar-refractivity contribution in [1.82, 2.24) is 9.55 Å². The molecule has 3 aromatic rings. The monoisotopic (exact) mass is 313 g/mol. The normalized spacial score (nSPS) is 10.9. The van der Waals surface area contributed by atoms with Crippen molar-refractivity contribution < 1.29 is 8.78 Å². The molecule has 0 aliphatic rings. The summed E-state index contributed by atoms with van der Waals surface area (Å²) in [6, 6.07) is 8.59. The molecule has 116 valence electrons. The van der Waals surface area contributed by atoms with Gasteiger partial charge in [0.1, 0.15) is 17.3 Å². The summed E-state index contributed by atoms with van der Waals surface area (Å²) in [5.74, 6) is -0.914. The van der Waals surface area contributed by atoms with Crippen molar-refractivity contribution in [2.45, 2.75) is 13.0 Å². The Hall–Kier alpha value is -2.89. The van der Waals surface area contributed by atoms with Crippen LogP contribution < -0.4 is 5.56 Å². The molecular weight excluding hydrogens is 300 g/mol. The Morgan fingerprint density at radius 1 is 1.17 bits per heavy atom. The predicted octanol–water partition coefficient (Wildman–Crippen LogP) is 3.25. The number of aliphatic imine (C=N–C) groups is 1. The summed E-state index contributed by atoms with van der Waals surface area (Å²) in [5, 5.41) is 0.191. The number of hydrogen-bond acceptors (Lipinski definition) is 3. The van der Waals surface area contributed by atoms with Gasteiger partial charge in [-0.25, -0.2) is 13.8 Å².